The van der Waals surface area contributed by atoms with Crippen molar-refractivity contribution >= 4 is 11.5 Å². The second-order valence-electron chi connectivity index (χ2n) is 2.78. The van der Waals surface area contributed by atoms with Gasteiger partial charge in [-0.2, -0.15) is 0 Å². The predicted molar refractivity (Wildman–Crippen MR) is 47.7 cm³/mol. The summed E-state index contributed by atoms with van der Waals surface area (Å²) in [4.78, 5) is 14.5. The minimum Gasteiger partial charge on any atom is -0.397 e. The van der Waals surface area contributed by atoms with Crippen LogP contribution in [-0.2, 0) is 11.2 Å². The molecule has 1 rings (SSSR count). The van der Waals surface area contributed by atoms with Gasteiger partial charge in [0.25, 0.3) is 0 Å². The van der Waals surface area contributed by atoms with Gasteiger partial charge in [-0.1, -0.05) is 0 Å². The third-order valence-electron chi connectivity index (χ3n) is 1.69. The molecule has 0 amide bonds. The largest absolute Gasteiger partial charge is 0.397 e. The van der Waals surface area contributed by atoms with Gasteiger partial charge in [-0.15, -0.1) is 0 Å². The first-order valence-electron chi connectivity index (χ1n) is 3.88. The highest BCUT2D eigenvalue weighted by Crippen LogP contribution is 2.10. The summed E-state index contributed by atoms with van der Waals surface area (Å²) in [5.41, 5.74) is 7.30. The maximum atomic E-state index is 10.7. The van der Waals surface area contributed by atoms with Crippen LogP contribution in [0.5, 0.6) is 0 Å². The smallest absolute Gasteiger partial charge is 0.130 e. The van der Waals surface area contributed by atoms with E-state index in [1.807, 2.05) is 6.07 Å². The molecular formula is C9H12N2O. The van der Waals surface area contributed by atoms with E-state index in [0.717, 1.165) is 5.56 Å². The quantitative estimate of drug-likeness (QED) is 0.730. The zero-order chi connectivity index (χ0) is 8.97. The molecule has 1 heterocycles. The SMILES string of the molecule is CC(=O)CCc1ccncc1N. The van der Waals surface area contributed by atoms with Gasteiger partial charge in [0.2, 0.25) is 0 Å². The summed E-state index contributed by atoms with van der Waals surface area (Å²) in [7, 11) is 0. The number of nitrogens with two attached hydrogens (primary N) is 1. The zero-order valence-corrected chi connectivity index (χ0v) is 7.08. The maximum absolute atomic E-state index is 10.7. The maximum Gasteiger partial charge on any atom is 0.130 e. The first-order valence-corrected chi connectivity index (χ1v) is 3.88. The Bertz CT molecular complexity index is 284. The number of ketones is 1. The van der Waals surface area contributed by atoms with E-state index in [0.29, 0.717) is 18.5 Å². The first-order chi connectivity index (χ1) is 5.70. The number of carbonyl (C=O) groups is 1. The van der Waals surface area contributed by atoms with E-state index in [1.165, 1.54) is 0 Å². The van der Waals surface area contributed by atoms with Gasteiger partial charge in [0.15, 0.2) is 0 Å². The first kappa shape index (κ1) is 8.71. The van der Waals surface area contributed by atoms with Gasteiger partial charge in [-0.25, -0.2) is 0 Å². The number of carbonyl (C=O) groups excluding carboxylic acids is 1. The molecule has 0 bridgehead atoms. The Kier molecular flexibility index (Phi) is 2.80. The summed E-state index contributed by atoms with van der Waals surface area (Å²) in [6.07, 6.45) is 4.55. The lowest BCUT2D eigenvalue weighted by Crippen LogP contribution is -1.98. The van der Waals surface area contributed by atoms with Gasteiger partial charge < -0.3 is 10.5 Å². The molecule has 3 nitrogen and oxygen atoms in total. The van der Waals surface area contributed by atoms with Crippen LogP contribution in [0.15, 0.2) is 18.5 Å². The van der Waals surface area contributed by atoms with Crippen molar-refractivity contribution in [1.82, 2.24) is 4.98 Å². The highest BCUT2D eigenvalue weighted by molar-refractivity contribution is 5.75. The third-order valence-corrected chi connectivity index (χ3v) is 1.69. The van der Waals surface area contributed by atoms with Crippen molar-refractivity contribution in [3.05, 3.63) is 24.0 Å². The van der Waals surface area contributed by atoms with Crippen LogP contribution in [-0.4, -0.2) is 10.8 Å². The molecule has 0 atom stereocenters. The highest BCUT2D eigenvalue weighted by Gasteiger charge is 1.99. The van der Waals surface area contributed by atoms with Crippen LogP contribution in [0.2, 0.25) is 0 Å². The molecule has 0 aromatic carbocycles. The molecule has 0 spiro atoms. The van der Waals surface area contributed by atoms with Crippen LogP contribution in [0.1, 0.15) is 18.9 Å². The monoisotopic (exact) mass is 164 g/mol. The normalized spacial score (nSPS) is 9.75. The molecule has 0 unspecified atom stereocenters. The minimum atomic E-state index is 0.186. The van der Waals surface area contributed by atoms with E-state index < -0.39 is 0 Å². The number of hydrogen-bond acceptors (Lipinski definition) is 3. The fraction of sp³-hybridized carbons (Fsp3) is 0.333. The number of nitrogen functional groups attached to an aromatic ring is 1. The molecule has 0 radical (unpaired) electrons. The highest BCUT2D eigenvalue weighted by atomic mass is 16.1. The van der Waals surface area contributed by atoms with Crippen molar-refractivity contribution in [2.75, 3.05) is 5.73 Å². The van der Waals surface area contributed by atoms with Crippen LogP contribution in [0.4, 0.5) is 5.69 Å². The van der Waals surface area contributed by atoms with Crippen LogP contribution >= 0.6 is 0 Å². The lowest BCUT2D eigenvalue weighted by Gasteiger charge is -2.01. The number of aryl methyl sites for hydroxylation is 1. The van der Waals surface area contributed by atoms with Gasteiger partial charge in [0, 0.05) is 12.6 Å². The Morgan fingerprint density at radius 1 is 1.67 bits per heavy atom. The average Bonchev–Trinajstić information content (AvgIpc) is 2.03. The molecule has 1 aromatic heterocycles. The fourth-order valence-corrected chi connectivity index (χ4v) is 0.974. The Morgan fingerprint density at radius 3 is 3.00 bits per heavy atom. The summed E-state index contributed by atoms with van der Waals surface area (Å²) >= 11 is 0. The minimum absolute atomic E-state index is 0.186. The van der Waals surface area contributed by atoms with Crippen LogP contribution in [0.3, 0.4) is 0 Å². The molecule has 3 heteroatoms. The Labute approximate surface area is 71.6 Å². The summed E-state index contributed by atoms with van der Waals surface area (Å²) in [6, 6.07) is 1.85. The molecule has 2 N–H and O–H groups in total. The average molecular weight is 164 g/mol. The van der Waals surface area contributed by atoms with Crippen molar-refractivity contribution in [2.24, 2.45) is 0 Å². The van der Waals surface area contributed by atoms with Crippen molar-refractivity contribution in [3.63, 3.8) is 0 Å². The van der Waals surface area contributed by atoms with E-state index in [1.54, 1.807) is 19.3 Å². The zero-order valence-electron chi connectivity index (χ0n) is 7.08. The lowest BCUT2D eigenvalue weighted by molar-refractivity contribution is -0.116. The van der Waals surface area contributed by atoms with E-state index >= 15 is 0 Å². The van der Waals surface area contributed by atoms with E-state index in [-0.39, 0.29) is 5.78 Å². The van der Waals surface area contributed by atoms with Crippen molar-refractivity contribution in [1.29, 1.82) is 0 Å². The second kappa shape index (κ2) is 3.85. The number of aromatic nitrogens is 1. The fourth-order valence-electron chi connectivity index (χ4n) is 0.974. The number of hydrogen-bond donors (Lipinski definition) is 1. The molecule has 12 heavy (non-hydrogen) atoms. The third kappa shape index (κ3) is 2.34. The van der Waals surface area contributed by atoms with Crippen molar-refractivity contribution < 1.29 is 4.79 Å². The van der Waals surface area contributed by atoms with E-state index in [2.05, 4.69) is 4.98 Å². The molecule has 1 aromatic rings. The molecule has 0 fully saturated rings. The Balaban J connectivity index is 2.63. The number of nitrogens with zero attached hydrogens (tertiary/aromatic N) is 1. The molecule has 0 saturated carbocycles. The topological polar surface area (TPSA) is 56.0 Å². The van der Waals surface area contributed by atoms with Crippen molar-refractivity contribution in [3.8, 4) is 0 Å². The Hall–Kier alpha value is -1.38. The molecule has 0 aliphatic rings. The number of rotatable bonds is 3. The van der Waals surface area contributed by atoms with Gasteiger partial charge in [-0.3, -0.25) is 4.98 Å². The summed E-state index contributed by atoms with van der Waals surface area (Å²) in [5, 5.41) is 0. The molecule has 0 aliphatic heterocycles. The Morgan fingerprint density at radius 2 is 2.42 bits per heavy atom. The van der Waals surface area contributed by atoms with Gasteiger partial charge in [-0.05, 0) is 25.0 Å². The molecular weight excluding hydrogens is 152 g/mol. The van der Waals surface area contributed by atoms with Crippen LogP contribution < -0.4 is 5.73 Å². The number of Topliss-reactive ketones (excluding diaryl/α,β-unsaturated/α-hetero) is 1. The van der Waals surface area contributed by atoms with Gasteiger partial charge >= 0.3 is 0 Å². The number of pyridine rings is 1. The summed E-state index contributed by atoms with van der Waals surface area (Å²) < 4.78 is 0. The molecule has 0 saturated heterocycles. The van der Waals surface area contributed by atoms with Gasteiger partial charge in [0.1, 0.15) is 5.78 Å². The van der Waals surface area contributed by atoms with Crippen LogP contribution in [0, 0.1) is 0 Å². The van der Waals surface area contributed by atoms with E-state index in [4.69, 9.17) is 5.73 Å². The molecule has 64 valence electrons. The van der Waals surface area contributed by atoms with Crippen LogP contribution in [0.25, 0.3) is 0 Å². The number of anilines is 1. The van der Waals surface area contributed by atoms with Gasteiger partial charge in [0.05, 0.1) is 11.9 Å². The lowest BCUT2D eigenvalue weighted by atomic mass is 10.1. The summed E-state index contributed by atoms with van der Waals surface area (Å²) in [5.74, 6) is 0.186. The second-order valence-corrected chi connectivity index (χ2v) is 2.78. The summed E-state index contributed by atoms with van der Waals surface area (Å²) in [6.45, 7) is 1.58. The van der Waals surface area contributed by atoms with E-state index in [9.17, 15) is 4.79 Å². The standard InChI is InChI=1S/C9H12N2O/c1-7(12)2-3-8-4-5-11-6-9(8)10/h4-6H,2-3,10H2,1H3. The molecule has 0 aliphatic carbocycles. The van der Waals surface area contributed by atoms with Crippen molar-refractivity contribution in [2.45, 2.75) is 19.8 Å². The predicted octanol–water partition coefficient (Wildman–Crippen LogP) is 1.19.